The van der Waals surface area contributed by atoms with Gasteiger partial charge in [-0.3, -0.25) is 4.79 Å². The minimum absolute atomic E-state index is 0.220. The predicted octanol–water partition coefficient (Wildman–Crippen LogP) is 0.966. The van der Waals surface area contributed by atoms with Gasteiger partial charge in [0.2, 0.25) is 0 Å². The second-order valence-corrected chi connectivity index (χ2v) is 9.12. The number of aliphatic hydroxyl groups excluding tert-OH is 1. The number of aliphatic hydroxyl groups is 1. The number of aryl methyl sites for hydroxylation is 1. The van der Waals surface area contributed by atoms with Gasteiger partial charge in [-0.05, 0) is 25.1 Å². The summed E-state index contributed by atoms with van der Waals surface area (Å²) in [5.41, 5.74) is 8.25. The molecule has 196 valence electrons. The summed E-state index contributed by atoms with van der Waals surface area (Å²) in [5.74, 6) is 1.88. The fourth-order valence-electron chi connectivity index (χ4n) is 4.31. The highest BCUT2D eigenvalue weighted by molar-refractivity contribution is 6.30. The van der Waals surface area contributed by atoms with E-state index in [0.29, 0.717) is 40.4 Å². The Hall–Kier alpha value is -3.65. The number of likely N-dealkylation sites (N-methyl/N-ethyl adjacent to an activating group) is 1. The van der Waals surface area contributed by atoms with Crippen LogP contribution in [0, 0.1) is 6.92 Å². The van der Waals surface area contributed by atoms with Crippen molar-refractivity contribution in [2.45, 2.75) is 44.6 Å². The van der Waals surface area contributed by atoms with Crippen molar-refractivity contribution in [1.29, 1.82) is 0 Å². The van der Waals surface area contributed by atoms with Crippen molar-refractivity contribution < 1.29 is 23.9 Å². The minimum Gasteiger partial charge on any atom is -0.485 e. The van der Waals surface area contributed by atoms with Crippen molar-refractivity contribution in [1.82, 2.24) is 20.4 Å². The summed E-state index contributed by atoms with van der Waals surface area (Å²) in [6, 6.07) is 6.27. The van der Waals surface area contributed by atoms with Gasteiger partial charge < -0.3 is 45.7 Å². The quantitative estimate of drug-likeness (QED) is 0.279. The van der Waals surface area contributed by atoms with Crippen LogP contribution in [0.15, 0.2) is 35.1 Å². The number of anilines is 3. The highest BCUT2D eigenvalue weighted by Crippen LogP contribution is 2.38. The number of rotatable bonds is 8. The third-order valence-electron chi connectivity index (χ3n) is 6.18. The molecule has 0 aliphatic carbocycles. The molecule has 4 heterocycles. The molecule has 2 aliphatic heterocycles. The maximum absolute atomic E-state index is 12.1. The number of halogens is 1. The van der Waals surface area contributed by atoms with E-state index in [4.69, 9.17) is 31.3 Å². The summed E-state index contributed by atoms with van der Waals surface area (Å²) in [4.78, 5) is 22.5. The highest BCUT2D eigenvalue weighted by Gasteiger charge is 2.49. The summed E-state index contributed by atoms with van der Waals surface area (Å²) < 4.78 is 17.0. The number of carbonyl (C=O) groups is 1. The minimum atomic E-state index is -1.10. The third kappa shape index (κ3) is 4.98. The predicted molar refractivity (Wildman–Crippen MR) is 134 cm³/mol. The largest absolute Gasteiger partial charge is 0.485 e. The molecule has 2 aromatic heterocycles. The van der Waals surface area contributed by atoms with E-state index in [9.17, 15) is 9.90 Å². The van der Waals surface area contributed by atoms with E-state index in [1.54, 1.807) is 23.1 Å². The summed E-state index contributed by atoms with van der Waals surface area (Å²) in [6.45, 7) is 2.69. The van der Waals surface area contributed by atoms with Gasteiger partial charge in [0.25, 0.3) is 5.91 Å². The van der Waals surface area contributed by atoms with Crippen molar-refractivity contribution in [3.05, 3.63) is 52.6 Å². The standard InChI is InChI=1S/C23H27ClN8O5/c1-11-5-14(37-31-11)8-35-15-4-3-13(24)6-12(15)7-27-20-17-21(29-9-28-20)32(10-30-17)23-18(33)16(25)19(36-23)22(34)26-2/h3-6,9,16,18-19,23,30,33H,7-8,10,25H2,1-2H3,(H,26,34)(H,27,28,29)/t16-,18+,19-,23+/m0/s1. The first-order chi connectivity index (χ1) is 17.9. The van der Waals surface area contributed by atoms with Gasteiger partial charge in [0.15, 0.2) is 29.7 Å². The van der Waals surface area contributed by atoms with Crippen LogP contribution in [0.4, 0.5) is 17.3 Å². The fourth-order valence-corrected chi connectivity index (χ4v) is 4.50. The van der Waals surface area contributed by atoms with Gasteiger partial charge in [0, 0.05) is 30.2 Å². The number of fused-ring (bicyclic) bond motifs is 1. The number of amides is 1. The van der Waals surface area contributed by atoms with Crippen molar-refractivity contribution in [2.75, 3.05) is 29.2 Å². The first-order valence-electron chi connectivity index (χ1n) is 11.6. The van der Waals surface area contributed by atoms with E-state index < -0.39 is 30.4 Å². The average molecular weight is 531 g/mol. The third-order valence-corrected chi connectivity index (χ3v) is 6.41. The number of nitrogens with zero attached hydrogens (tertiary/aromatic N) is 4. The SMILES string of the molecule is CNC(=O)[C@H]1O[C@@H](N2CNc3c(NCc4cc(Cl)ccc4OCc4cc(C)no4)ncnc32)[C@H](O)[C@@H]1N. The fraction of sp³-hybridized carbons (Fsp3) is 0.391. The molecule has 1 aromatic carbocycles. The lowest BCUT2D eigenvalue weighted by molar-refractivity contribution is -0.132. The summed E-state index contributed by atoms with van der Waals surface area (Å²) in [5, 5.41) is 24.1. The van der Waals surface area contributed by atoms with Gasteiger partial charge in [-0.15, -0.1) is 0 Å². The smallest absolute Gasteiger partial charge is 0.250 e. The van der Waals surface area contributed by atoms with Gasteiger partial charge in [-0.1, -0.05) is 16.8 Å². The molecule has 0 radical (unpaired) electrons. The van der Waals surface area contributed by atoms with Gasteiger partial charge in [-0.2, -0.15) is 0 Å². The molecule has 1 amide bonds. The van der Waals surface area contributed by atoms with Crippen LogP contribution >= 0.6 is 11.6 Å². The Morgan fingerprint density at radius 1 is 1.38 bits per heavy atom. The zero-order valence-electron chi connectivity index (χ0n) is 20.1. The van der Waals surface area contributed by atoms with Crippen LogP contribution in [0.1, 0.15) is 17.0 Å². The molecule has 2 aliphatic rings. The molecule has 1 fully saturated rings. The lowest BCUT2D eigenvalue weighted by Gasteiger charge is -2.26. The molecule has 13 nitrogen and oxygen atoms in total. The molecule has 6 N–H and O–H groups in total. The average Bonchev–Trinajstić information content (AvgIpc) is 3.59. The maximum Gasteiger partial charge on any atom is 0.250 e. The zero-order valence-corrected chi connectivity index (χ0v) is 20.9. The molecule has 37 heavy (non-hydrogen) atoms. The highest BCUT2D eigenvalue weighted by atomic mass is 35.5. The van der Waals surface area contributed by atoms with Gasteiger partial charge in [0.05, 0.1) is 18.4 Å². The molecule has 0 spiro atoms. The normalized spacial score (nSPS) is 22.5. The molecule has 0 unspecified atom stereocenters. The Balaban J connectivity index is 1.31. The van der Waals surface area contributed by atoms with Gasteiger partial charge >= 0.3 is 0 Å². The molecular formula is C23H27ClN8O5. The molecule has 3 aromatic rings. The van der Waals surface area contributed by atoms with E-state index in [0.717, 1.165) is 11.3 Å². The Labute approximate surface area is 217 Å². The van der Waals surface area contributed by atoms with E-state index in [-0.39, 0.29) is 13.3 Å². The lowest BCUT2D eigenvalue weighted by atomic mass is 10.1. The van der Waals surface area contributed by atoms with Crippen molar-refractivity contribution in [2.24, 2.45) is 5.73 Å². The number of aromatic nitrogens is 3. The Bertz CT molecular complexity index is 1290. The molecule has 0 bridgehead atoms. The van der Waals surface area contributed by atoms with Crippen molar-refractivity contribution >= 4 is 34.8 Å². The summed E-state index contributed by atoms with van der Waals surface area (Å²) >= 11 is 6.24. The number of hydrogen-bond donors (Lipinski definition) is 5. The number of nitrogens with two attached hydrogens (primary N) is 1. The zero-order chi connectivity index (χ0) is 26.1. The Morgan fingerprint density at radius 3 is 2.97 bits per heavy atom. The van der Waals surface area contributed by atoms with E-state index in [2.05, 4.69) is 31.1 Å². The van der Waals surface area contributed by atoms with Crippen LogP contribution in [-0.4, -0.2) is 64.3 Å². The number of ether oxygens (including phenoxy) is 2. The van der Waals surface area contributed by atoms with Crippen LogP contribution in [0.3, 0.4) is 0 Å². The van der Waals surface area contributed by atoms with Crippen LogP contribution in [0.25, 0.3) is 0 Å². The number of carbonyl (C=O) groups excluding carboxylic acids is 1. The Morgan fingerprint density at radius 2 is 2.22 bits per heavy atom. The molecule has 0 saturated carbocycles. The second kappa shape index (κ2) is 10.4. The van der Waals surface area contributed by atoms with Crippen LogP contribution < -0.4 is 31.3 Å². The maximum atomic E-state index is 12.1. The first kappa shape index (κ1) is 25.0. The van der Waals surface area contributed by atoms with Crippen LogP contribution in [-0.2, 0) is 22.7 Å². The monoisotopic (exact) mass is 530 g/mol. The summed E-state index contributed by atoms with van der Waals surface area (Å²) in [6.07, 6.45) is -1.53. The molecular weight excluding hydrogens is 504 g/mol. The lowest BCUT2D eigenvalue weighted by Crippen LogP contribution is -2.48. The first-order valence-corrected chi connectivity index (χ1v) is 12.0. The van der Waals surface area contributed by atoms with E-state index in [1.165, 1.54) is 13.4 Å². The molecule has 1 saturated heterocycles. The number of nitrogens with one attached hydrogen (secondary N) is 3. The van der Waals surface area contributed by atoms with Gasteiger partial charge in [-0.25, -0.2) is 9.97 Å². The van der Waals surface area contributed by atoms with Gasteiger partial charge in [0.1, 0.15) is 30.5 Å². The Kier molecular flexibility index (Phi) is 7.02. The van der Waals surface area contributed by atoms with E-state index >= 15 is 0 Å². The summed E-state index contributed by atoms with van der Waals surface area (Å²) in [7, 11) is 1.49. The molecule has 4 atom stereocenters. The van der Waals surface area contributed by atoms with E-state index in [1.807, 2.05) is 13.0 Å². The van der Waals surface area contributed by atoms with Crippen molar-refractivity contribution in [3.8, 4) is 5.75 Å². The van der Waals surface area contributed by atoms with Crippen molar-refractivity contribution in [3.63, 3.8) is 0 Å². The molecule has 5 rings (SSSR count). The van der Waals surface area contributed by atoms with Crippen LogP contribution in [0.5, 0.6) is 5.75 Å². The number of hydrogen-bond acceptors (Lipinski definition) is 12. The van der Waals surface area contributed by atoms with Crippen LogP contribution in [0.2, 0.25) is 5.02 Å². The topological polar surface area (TPSA) is 173 Å². The second-order valence-electron chi connectivity index (χ2n) is 8.68. The number of benzene rings is 1. The molecule has 14 heteroatoms.